The molecule has 3 rings (SSSR count). The number of nitrogens with one attached hydrogen (secondary N) is 1. The van der Waals surface area contributed by atoms with Gasteiger partial charge in [-0.15, -0.1) is 0 Å². The predicted octanol–water partition coefficient (Wildman–Crippen LogP) is 3.65. The van der Waals surface area contributed by atoms with Crippen molar-refractivity contribution < 1.29 is 8.42 Å². The third-order valence-corrected chi connectivity index (χ3v) is 6.29. The highest BCUT2D eigenvalue weighted by atomic mass is 35.5. The largest absolute Gasteiger partial charge is 0.361 e. The maximum Gasteiger partial charge on any atom is 0.214 e. The molecule has 1 aromatic carbocycles. The monoisotopic (exact) mass is 338 g/mol. The number of aromatic nitrogens is 1. The van der Waals surface area contributed by atoms with Crippen LogP contribution in [0.4, 0.5) is 0 Å². The molecule has 0 saturated heterocycles. The molecular weight excluding hydrogens is 320 g/mol. The van der Waals surface area contributed by atoms with E-state index in [4.69, 9.17) is 11.6 Å². The van der Waals surface area contributed by atoms with Crippen molar-refractivity contribution in [2.45, 2.75) is 19.8 Å². The number of fused-ring (bicyclic) bond motifs is 1. The highest BCUT2D eigenvalue weighted by Crippen LogP contribution is 2.31. The zero-order valence-electron chi connectivity index (χ0n) is 12.5. The zero-order chi connectivity index (χ0) is 15.7. The summed E-state index contributed by atoms with van der Waals surface area (Å²) in [5.41, 5.74) is 3.33. The van der Waals surface area contributed by atoms with Crippen molar-refractivity contribution in [2.24, 2.45) is 0 Å². The minimum atomic E-state index is -3.11. The number of hydrogen-bond acceptors (Lipinski definition) is 2. The van der Waals surface area contributed by atoms with Crippen LogP contribution in [-0.4, -0.2) is 36.5 Å². The summed E-state index contributed by atoms with van der Waals surface area (Å²) < 4.78 is 25.8. The number of sulfonamides is 1. The van der Waals surface area contributed by atoms with Crippen molar-refractivity contribution in [3.05, 3.63) is 41.1 Å². The lowest BCUT2D eigenvalue weighted by atomic mass is 10.00. The smallest absolute Gasteiger partial charge is 0.214 e. The van der Waals surface area contributed by atoms with Crippen LogP contribution < -0.4 is 0 Å². The van der Waals surface area contributed by atoms with E-state index >= 15 is 0 Å². The van der Waals surface area contributed by atoms with Crippen LogP contribution in [0.15, 0.2) is 30.5 Å². The van der Waals surface area contributed by atoms with Gasteiger partial charge in [0.25, 0.3) is 0 Å². The van der Waals surface area contributed by atoms with Crippen LogP contribution >= 0.6 is 11.6 Å². The van der Waals surface area contributed by atoms with Gasteiger partial charge in [-0.3, -0.25) is 0 Å². The Morgan fingerprint density at radius 1 is 1.36 bits per heavy atom. The third-order valence-electron chi connectivity index (χ3n) is 4.02. The van der Waals surface area contributed by atoms with E-state index in [1.807, 2.05) is 37.4 Å². The lowest BCUT2D eigenvalue weighted by molar-refractivity contribution is 0.441. The Morgan fingerprint density at radius 2 is 2.18 bits per heavy atom. The first-order valence-electron chi connectivity index (χ1n) is 7.45. The second kappa shape index (κ2) is 6.07. The van der Waals surface area contributed by atoms with Crippen LogP contribution in [0.5, 0.6) is 0 Å². The van der Waals surface area contributed by atoms with Gasteiger partial charge in [-0.05, 0) is 30.5 Å². The van der Waals surface area contributed by atoms with Gasteiger partial charge >= 0.3 is 0 Å². The highest BCUT2D eigenvalue weighted by Gasteiger charge is 2.24. The molecule has 0 spiro atoms. The second-order valence-corrected chi connectivity index (χ2v) is 8.07. The number of nitrogens with zero attached hydrogens (tertiary/aromatic N) is 1. The molecule has 4 nitrogen and oxygen atoms in total. The molecule has 1 aromatic heterocycles. The fourth-order valence-corrected chi connectivity index (χ4v) is 4.52. The summed E-state index contributed by atoms with van der Waals surface area (Å²) >= 11 is 6.00. The van der Waals surface area contributed by atoms with Gasteiger partial charge in [0.05, 0.1) is 5.75 Å². The molecule has 0 amide bonds. The number of aromatic amines is 1. The fraction of sp³-hybridized carbons (Fsp3) is 0.375. The van der Waals surface area contributed by atoms with Crippen molar-refractivity contribution in [1.82, 2.24) is 9.29 Å². The van der Waals surface area contributed by atoms with Gasteiger partial charge in [0.2, 0.25) is 10.0 Å². The van der Waals surface area contributed by atoms with Gasteiger partial charge in [-0.2, -0.15) is 4.31 Å². The van der Waals surface area contributed by atoms with Gasteiger partial charge in [0.1, 0.15) is 0 Å². The Morgan fingerprint density at radius 3 is 2.86 bits per heavy atom. The normalized spacial score (nSPS) is 16.9. The Labute approximate surface area is 135 Å². The van der Waals surface area contributed by atoms with E-state index in [2.05, 4.69) is 4.98 Å². The molecule has 1 aliphatic rings. The molecular formula is C16H19ClN2O2S. The van der Waals surface area contributed by atoms with E-state index in [1.165, 1.54) is 5.57 Å². The van der Waals surface area contributed by atoms with Crippen LogP contribution in [-0.2, 0) is 10.0 Å². The van der Waals surface area contributed by atoms with Gasteiger partial charge in [-0.25, -0.2) is 8.42 Å². The molecule has 0 unspecified atom stereocenters. The molecule has 0 bridgehead atoms. The quantitative estimate of drug-likeness (QED) is 0.925. The summed E-state index contributed by atoms with van der Waals surface area (Å²) in [5, 5.41) is 1.83. The Bertz CT molecular complexity index is 824. The molecule has 0 saturated carbocycles. The molecule has 0 radical (unpaired) electrons. The Hall–Kier alpha value is -1.30. The minimum Gasteiger partial charge on any atom is -0.361 e. The average molecular weight is 339 g/mol. The van der Waals surface area contributed by atoms with Crippen LogP contribution in [0.1, 0.15) is 25.3 Å². The molecule has 0 aliphatic carbocycles. The SMILES string of the molecule is CCCS(=O)(=O)N1CC=C(c2c[nH]c3cc(Cl)ccc23)CC1. The summed E-state index contributed by atoms with van der Waals surface area (Å²) in [5.74, 6) is 0.224. The lowest BCUT2D eigenvalue weighted by Crippen LogP contribution is -2.36. The van der Waals surface area contributed by atoms with Crippen molar-refractivity contribution in [1.29, 1.82) is 0 Å². The zero-order valence-corrected chi connectivity index (χ0v) is 14.0. The van der Waals surface area contributed by atoms with Crippen LogP contribution in [0.2, 0.25) is 5.02 Å². The van der Waals surface area contributed by atoms with Gasteiger partial charge in [0, 0.05) is 40.8 Å². The molecule has 1 N–H and O–H groups in total. The van der Waals surface area contributed by atoms with Crippen molar-refractivity contribution in [3.63, 3.8) is 0 Å². The van der Waals surface area contributed by atoms with Crippen molar-refractivity contribution in [3.8, 4) is 0 Å². The molecule has 0 fully saturated rings. The van der Waals surface area contributed by atoms with E-state index in [-0.39, 0.29) is 5.75 Å². The number of benzene rings is 1. The number of rotatable bonds is 4. The van der Waals surface area contributed by atoms with Gasteiger partial charge in [-0.1, -0.05) is 30.7 Å². The topological polar surface area (TPSA) is 53.2 Å². The standard InChI is InChI=1S/C16H19ClN2O2S/c1-2-9-22(20,21)19-7-5-12(6-8-19)15-11-18-16-10-13(17)3-4-14(15)16/h3-5,10-11,18H,2,6-9H2,1H3. The van der Waals surface area contributed by atoms with E-state index in [0.29, 0.717) is 24.5 Å². The first kappa shape index (κ1) is 15.6. The molecule has 6 heteroatoms. The van der Waals surface area contributed by atoms with Crippen LogP contribution in [0.25, 0.3) is 16.5 Å². The van der Waals surface area contributed by atoms with E-state index in [1.54, 1.807) is 4.31 Å². The molecule has 2 aromatic rings. The number of H-pyrrole nitrogens is 1. The summed E-state index contributed by atoms with van der Waals surface area (Å²) in [6.45, 7) is 2.90. The second-order valence-electron chi connectivity index (χ2n) is 5.55. The molecule has 1 aliphatic heterocycles. The number of hydrogen-bond donors (Lipinski definition) is 1. The van der Waals surface area contributed by atoms with Crippen LogP contribution in [0.3, 0.4) is 0 Å². The van der Waals surface area contributed by atoms with Crippen molar-refractivity contribution in [2.75, 3.05) is 18.8 Å². The summed E-state index contributed by atoms with van der Waals surface area (Å²) in [6.07, 6.45) is 5.38. The van der Waals surface area contributed by atoms with Crippen LogP contribution in [0, 0.1) is 0 Å². The predicted molar refractivity (Wildman–Crippen MR) is 91.6 cm³/mol. The molecule has 2 heterocycles. The maximum atomic E-state index is 12.1. The Balaban J connectivity index is 1.86. The average Bonchev–Trinajstić information content (AvgIpc) is 2.90. The maximum absolute atomic E-state index is 12.1. The third kappa shape index (κ3) is 2.93. The molecule has 22 heavy (non-hydrogen) atoms. The van der Waals surface area contributed by atoms with Gasteiger partial charge < -0.3 is 4.98 Å². The summed E-state index contributed by atoms with van der Waals surface area (Å²) in [6, 6.07) is 5.79. The lowest BCUT2D eigenvalue weighted by Gasteiger charge is -2.25. The van der Waals surface area contributed by atoms with E-state index < -0.39 is 10.0 Å². The first-order valence-corrected chi connectivity index (χ1v) is 9.44. The van der Waals surface area contributed by atoms with Gasteiger partial charge in [0.15, 0.2) is 0 Å². The molecule has 118 valence electrons. The highest BCUT2D eigenvalue weighted by molar-refractivity contribution is 7.89. The summed E-state index contributed by atoms with van der Waals surface area (Å²) in [7, 11) is -3.11. The molecule has 0 atom stereocenters. The minimum absolute atomic E-state index is 0.224. The fourth-order valence-electron chi connectivity index (χ4n) is 2.90. The van der Waals surface area contributed by atoms with Crippen molar-refractivity contribution >= 4 is 38.1 Å². The van der Waals surface area contributed by atoms with E-state index in [0.717, 1.165) is 22.9 Å². The number of halogens is 1. The summed E-state index contributed by atoms with van der Waals surface area (Å²) in [4.78, 5) is 3.23. The Kier molecular flexibility index (Phi) is 4.30. The van der Waals surface area contributed by atoms with E-state index in [9.17, 15) is 8.42 Å². The first-order chi connectivity index (χ1) is 10.5.